The molecular formula is C11H21N3S. The van der Waals surface area contributed by atoms with Crippen molar-refractivity contribution in [2.24, 2.45) is 0 Å². The van der Waals surface area contributed by atoms with E-state index in [9.17, 15) is 0 Å². The van der Waals surface area contributed by atoms with Crippen molar-refractivity contribution < 1.29 is 0 Å². The average Bonchev–Trinajstić information content (AvgIpc) is 2.62. The molecule has 3 nitrogen and oxygen atoms in total. The molecule has 15 heavy (non-hydrogen) atoms. The summed E-state index contributed by atoms with van der Waals surface area (Å²) in [7, 11) is 0. The molecule has 0 amide bonds. The van der Waals surface area contributed by atoms with Crippen LogP contribution in [0.2, 0.25) is 0 Å². The second kappa shape index (κ2) is 6.93. The van der Waals surface area contributed by atoms with Crippen molar-refractivity contribution in [1.29, 1.82) is 0 Å². The first-order valence-electron chi connectivity index (χ1n) is 5.57. The number of hydrogen-bond donors (Lipinski definition) is 2. The molecule has 0 fully saturated rings. The molecule has 0 aliphatic carbocycles. The fourth-order valence-corrected chi connectivity index (χ4v) is 2.08. The number of rotatable bonds is 7. The van der Waals surface area contributed by atoms with E-state index in [0.29, 0.717) is 6.04 Å². The highest BCUT2D eigenvalue weighted by Gasteiger charge is 2.02. The van der Waals surface area contributed by atoms with E-state index in [1.54, 1.807) is 11.3 Å². The van der Waals surface area contributed by atoms with Gasteiger partial charge in [0.1, 0.15) is 0 Å². The first-order chi connectivity index (χ1) is 7.22. The molecule has 2 N–H and O–H groups in total. The quantitative estimate of drug-likeness (QED) is 0.699. The minimum atomic E-state index is 0.513. The van der Waals surface area contributed by atoms with Crippen LogP contribution < -0.4 is 10.6 Å². The second-order valence-corrected chi connectivity index (χ2v) is 5.15. The molecule has 0 bridgehead atoms. The largest absolute Gasteiger partial charge is 0.315 e. The van der Waals surface area contributed by atoms with Crippen LogP contribution in [0.5, 0.6) is 0 Å². The Kier molecular flexibility index (Phi) is 5.83. The summed E-state index contributed by atoms with van der Waals surface area (Å²) in [5, 5.41) is 8.02. The molecule has 0 spiro atoms. The fraction of sp³-hybridized carbons (Fsp3) is 0.727. The van der Waals surface area contributed by atoms with Gasteiger partial charge in [-0.05, 0) is 26.8 Å². The Labute approximate surface area is 96.3 Å². The van der Waals surface area contributed by atoms with Gasteiger partial charge in [-0.2, -0.15) is 0 Å². The number of aromatic nitrogens is 1. The van der Waals surface area contributed by atoms with Crippen molar-refractivity contribution in [3.05, 3.63) is 16.1 Å². The molecular weight excluding hydrogens is 206 g/mol. The van der Waals surface area contributed by atoms with Crippen LogP contribution in [-0.2, 0) is 6.54 Å². The molecule has 1 aromatic heterocycles. The SMILES string of the molecule is CCCNCC(C)NCc1cnc(C)s1. The maximum absolute atomic E-state index is 4.23. The van der Waals surface area contributed by atoms with Crippen molar-refractivity contribution in [2.75, 3.05) is 13.1 Å². The normalized spacial score (nSPS) is 13.0. The van der Waals surface area contributed by atoms with Gasteiger partial charge < -0.3 is 10.6 Å². The summed E-state index contributed by atoms with van der Waals surface area (Å²) < 4.78 is 0. The number of nitrogens with zero attached hydrogens (tertiary/aromatic N) is 1. The molecule has 4 heteroatoms. The summed E-state index contributed by atoms with van der Waals surface area (Å²) in [5.41, 5.74) is 0. The number of nitrogens with one attached hydrogen (secondary N) is 2. The summed E-state index contributed by atoms with van der Waals surface area (Å²) in [4.78, 5) is 5.55. The van der Waals surface area contributed by atoms with Crippen LogP contribution in [0, 0.1) is 6.92 Å². The van der Waals surface area contributed by atoms with Gasteiger partial charge in [-0.25, -0.2) is 4.98 Å². The highest BCUT2D eigenvalue weighted by atomic mass is 32.1. The van der Waals surface area contributed by atoms with E-state index >= 15 is 0 Å². The van der Waals surface area contributed by atoms with Gasteiger partial charge in [-0.1, -0.05) is 6.92 Å². The van der Waals surface area contributed by atoms with Crippen molar-refractivity contribution >= 4 is 11.3 Å². The molecule has 0 aliphatic heterocycles. The van der Waals surface area contributed by atoms with Gasteiger partial charge in [0.2, 0.25) is 0 Å². The lowest BCUT2D eigenvalue weighted by Gasteiger charge is -2.13. The first kappa shape index (κ1) is 12.6. The lowest BCUT2D eigenvalue weighted by atomic mass is 10.3. The Bertz CT molecular complexity index is 273. The summed E-state index contributed by atoms with van der Waals surface area (Å²) in [6.45, 7) is 9.50. The van der Waals surface area contributed by atoms with Crippen molar-refractivity contribution in [3.8, 4) is 0 Å². The molecule has 1 aromatic rings. The van der Waals surface area contributed by atoms with Crippen LogP contribution in [0.4, 0.5) is 0 Å². The van der Waals surface area contributed by atoms with Gasteiger partial charge in [0.15, 0.2) is 0 Å². The van der Waals surface area contributed by atoms with E-state index < -0.39 is 0 Å². The zero-order valence-corrected chi connectivity index (χ0v) is 10.7. The van der Waals surface area contributed by atoms with E-state index in [2.05, 4.69) is 29.5 Å². The van der Waals surface area contributed by atoms with Gasteiger partial charge in [0.05, 0.1) is 5.01 Å². The van der Waals surface area contributed by atoms with Crippen LogP contribution in [0.3, 0.4) is 0 Å². The van der Waals surface area contributed by atoms with E-state index in [1.807, 2.05) is 13.1 Å². The Morgan fingerprint density at radius 2 is 2.33 bits per heavy atom. The van der Waals surface area contributed by atoms with Crippen LogP contribution in [-0.4, -0.2) is 24.1 Å². The number of thiazole rings is 1. The molecule has 0 radical (unpaired) electrons. The predicted molar refractivity (Wildman–Crippen MR) is 66.3 cm³/mol. The van der Waals surface area contributed by atoms with E-state index in [-0.39, 0.29) is 0 Å². The Hall–Kier alpha value is -0.450. The fourth-order valence-electron chi connectivity index (χ4n) is 1.33. The summed E-state index contributed by atoms with van der Waals surface area (Å²) in [6, 6.07) is 0.513. The second-order valence-electron chi connectivity index (χ2n) is 3.83. The summed E-state index contributed by atoms with van der Waals surface area (Å²) >= 11 is 1.76. The van der Waals surface area contributed by atoms with Gasteiger partial charge in [0, 0.05) is 30.2 Å². The van der Waals surface area contributed by atoms with Crippen LogP contribution in [0.1, 0.15) is 30.2 Å². The van der Waals surface area contributed by atoms with Crippen LogP contribution in [0.15, 0.2) is 6.20 Å². The Balaban J connectivity index is 2.13. The molecule has 1 heterocycles. The van der Waals surface area contributed by atoms with Crippen LogP contribution in [0.25, 0.3) is 0 Å². The standard InChI is InChI=1S/C11H21N3S/c1-4-5-12-6-9(2)13-7-11-8-14-10(3)15-11/h8-9,12-13H,4-7H2,1-3H3. The Morgan fingerprint density at radius 1 is 1.53 bits per heavy atom. The maximum Gasteiger partial charge on any atom is 0.0897 e. The van der Waals surface area contributed by atoms with E-state index in [4.69, 9.17) is 0 Å². The smallest absolute Gasteiger partial charge is 0.0897 e. The van der Waals surface area contributed by atoms with Crippen molar-refractivity contribution in [2.45, 2.75) is 39.8 Å². The molecule has 1 atom stereocenters. The molecule has 86 valence electrons. The van der Waals surface area contributed by atoms with Crippen molar-refractivity contribution in [1.82, 2.24) is 15.6 Å². The lowest BCUT2D eigenvalue weighted by molar-refractivity contribution is 0.503. The molecule has 1 unspecified atom stereocenters. The highest BCUT2D eigenvalue weighted by molar-refractivity contribution is 7.11. The zero-order valence-electron chi connectivity index (χ0n) is 9.84. The van der Waals surface area contributed by atoms with Gasteiger partial charge >= 0.3 is 0 Å². The maximum atomic E-state index is 4.23. The van der Waals surface area contributed by atoms with Crippen LogP contribution >= 0.6 is 11.3 Å². The highest BCUT2D eigenvalue weighted by Crippen LogP contribution is 2.10. The molecule has 0 aromatic carbocycles. The Morgan fingerprint density at radius 3 is 2.93 bits per heavy atom. The third-order valence-electron chi connectivity index (χ3n) is 2.17. The number of hydrogen-bond acceptors (Lipinski definition) is 4. The van der Waals surface area contributed by atoms with E-state index in [0.717, 1.165) is 24.6 Å². The molecule has 0 aliphatic rings. The van der Waals surface area contributed by atoms with Gasteiger partial charge in [0.25, 0.3) is 0 Å². The van der Waals surface area contributed by atoms with Crippen molar-refractivity contribution in [3.63, 3.8) is 0 Å². The average molecular weight is 227 g/mol. The number of aryl methyl sites for hydroxylation is 1. The molecule has 0 saturated heterocycles. The minimum absolute atomic E-state index is 0.513. The topological polar surface area (TPSA) is 37.0 Å². The third-order valence-corrected chi connectivity index (χ3v) is 3.08. The lowest BCUT2D eigenvalue weighted by Crippen LogP contribution is -2.36. The molecule has 1 rings (SSSR count). The summed E-state index contributed by atoms with van der Waals surface area (Å²) in [5.74, 6) is 0. The molecule has 0 saturated carbocycles. The summed E-state index contributed by atoms with van der Waals surface area (Å²) in [6.07, 6.45) is 3.15. The van der Waals surface area contributed by atoms with E-state index in [1.165, 1.54) is 11.3 Å². The van der Waals surface area contributed by atoms with Gasteiger partial charge in [-0.15, -0.1) is 11.3 Å². The minimum Gasteiger partial charge on any atom is -0.315 e. The third kappa shape index (κ3) is 5.25. The zero-order chi connectivity index (χ0) is 11.1. The monoisotopic (exact) mass is 227 g/mol. The van der Waals surface area contributed by atoms with Gasteiger partial charge in [-0.3, -0.25) is 0 Å². The predicted octanol–water partition coefficient (Wildman–Crippen LogP) is 1.93. The first-order valence-corrected chi connectivity index (χ1v) is 6.39.